The van der Waals surface area contributed by atoms with E-state index in [-0.39, 0.29) is 0 Å². The Bertz CT molecular complexity index is 460. The maximum atomic E-state index is 3.83. The van der Waals surface area contributed by atoms with Crippen molar-refractivity contribution in [3.05, 3.63) is 33.8 Å². The molecule has 1 aliphatic carbocycles. The van der Waals surface area contributed by atoms with Crippen LogP contribution >= 0.6 is 15.9 Å². The molecule has 1 aromatic rings. The van der Waals surface area contributed by atoms with Crippen LogP contribution in [0, 0.1) is 5.92 Å². The smallest absolute Gasteiger partial charge is 0.0178 e. The van der Waals surface area contributed by atoms with E-state index in [9.17, 15) is 0 Å². The molecule has 1 fully saturated rings. The highest BCUT2D eigenvalue weighted by Crippen LogP contribution is 2.25. The first kappa shape index (κ1) is 14.6. The van der Waals surface area contributed by atoms with Crippen LogP contribution in [0.1, 0.15) is 30.9 Å². The fourth-order valence-corrected chi connectivity index (χ4v) is 4.01. The van der Waals surface area contributed by atoms with Gasteiger partial charge in [-0.15, -0.1) is 0 Å². The molecule has 0 amide bonds. The molecule has 0 spiro atoms. The summed E-state index contributed by atoms with van der Waals surface area (Å²) in [6, 6.07) is 7.44. The van der Waals surface area contributed by atoms with Gasteiger partial charge in [-0.05, 0) is 74.5 Å². The quantitative estimate of drug-likeness (QED) is 0.907. The lowest BCUT2D eigenvalue weighted by molar-refractivity contribution is 0.331. The van der Waals surface area contributed by atoms with Crippen LogP contribution in [0.4, 0.5) is 0 Å². The number of hydrogen-bond donors (Lipinski definition) is 1. The molecule has 1 heterocycles. The topological polar surface area (TPSA) is 15.3 Å². The molecule has 2 unspecified atom stereocenters. The van der Waals surface area contributed by atoms with E-state index in [4.69, 9.17) is 0 Å². The maximum Gasteiger partial charge on any atom is 0.0178 e. The molecule has 0 bridgehead atoms. The third-order valence-corrected chi connectivity index (χ3v) is 5.40. The summed E-state index contributed by atoms with van der Waals surface area (Å²) in [5.74, 6) is 0.862. The van der Waals surface area contributed by atoms with Crippen LogP contribution in [-0.4, -0.2) is 37.1 Å². The molecular weight excluding hydrogens is 312 g/mol. The lowest BCUT2D eigenvalue weighted by Crippen LogP contribution is -2.38. The third-order valence-electron chi connectivity index (χ3n) is 4.91. The van der Waals surface area contributed by atoms with E-state index in [1.165, 1.54) is 61.9 Å². The fourth-order valence-electron chi connectivity index (χ4n) is 3.60. The van der Waals surface area contributed by atoms with Crippen LogP contribution in [0.5, 0.6) is 0 Å². The van der Waals surface area contributed by atoms with Gasteiger partial charge in [0.15, 0.2) is 0 Å². The number of hydrogen-bond acceptors (Lipinski definition) is 2. The second-order valence-corrected chi connectivity index (χ2v) is 7.22. The Hall–Kier alpha value is -0.380. The SMILES string of the molecule is CCN1CCC(CNC2CCc3cc(Br)ccc3C2)C1. The lowest BCUT2D eigenvalue weighted by Gasteiger charge is -2.27. The van der Waals surface area contributed by atoms with Gasteiger partial charge < -0.3 is 10.2 Å². The number of fused-ring (bicyclic) bond motifs is 1. The number of rotatable bonds is 4. The number of nitrogens with one attached hydrogen (secondary N) is 1. The van der Waals surface area contributed by atoms with Crippen molar-refractivity contribution in [2.45, 2.75) is 38.6 Å². The zero-order valence-corrected chi connectivity index (χ0v) is 14.0. The number of likely N-dealkylation sites (tertiary alicyclic amines) is 1. The van der Waals surface area contributed by atoms with Gasteiger partial charge in [0.25, 0.3) is 0 Å². The average molecular weight is 337 g/mol. The fraction of sp³-hybridized carbons (Fsp3) is 0.647. The molecule has 1 aliphatic heterocycles. The van der Waals surface area contributed by atoms with Gasteiger partial charge in [-0.25, -0.2) is 0 Å². The Morgan fingerprint density at radius 2 is 2.20 bits per heavy atom. The predicted molar refractivity (Wildman–Crippen MR) is 88.2 cm³/mol. The summed E-state index contributed by atoms with van der Waals surface area (Å²) in [4.78, 5) is 2.57. The first-order chi connectivity index (χ1) is 9.74. The summed E-state index contributed by atoms with van der Waals surface area (Å²) in [5, 5.41) is 3.83. The van der Waals surface area contributed by atoms with E-state index >= 15 is 0 Å². The number of benzene rings is 1. The van der Waals surface area contributed by atoms with Crippen LogP contribution in [-0.2, 0) is 12.8 Å². The third kappa shape index (κ3) is 3.44. The molecule has 0 radical (unpaired) electrons. The average Bonchev–Trinajstić information content (AvgIpc) is 2.93. The zero-order valence-electron chi connectivity index (χ0n) is 12.4. The normalized spacial score (nSPS) is 26.7. The molecular formula is C17H25BrN2. The Kier molecular flexibility index (Phi) is 4.79. The summed E-state index contributed by atoms with van der Waals surface area (Å²) in [7, 11) is 0. The number of halogens is 1. The highest BCUT2D eigenvalue weighted by atomic mass is 79.9. The maximum absolute atomic E-state index is 3.83. The van der Waals surface area contributed by atoms with E-state index in [2.05, 4.69) is 51.3 Å². The van der Waals surface area contributed by atoms with Crippen molar-refractivity contribution in [1.82, 2.24) is 10.2 Å². The molecule has 2 nitrogen and oxygen atoms in total. The van der Waals surface area contributed by atoms with Crippen molar-refractivity contribution in [2.24, 2.45) is 5.92 Å². The van der Waals surface area contributed by atoms with Crippen molar-refractivity contribution in [2.75, 3.05) is 26.2 Å². The van der Waals surface area contributed by atoms with Gasteiger partial charge in [0, 0.05) is 17.1 Å². The van der Waals surface area contributed by atoms with Crippen LogP contribution < -0.4 is 5.32 Å². The summed E-state index contributed by atoms with van der Waals surface area (Å²) >= 11 is 3.57. The standard InChI is InChI=1S/C17H25BrN2/c1-2-20-8-7-13(12-20)11-19-17-6-4-14-9-16(18)5-3-15(14)10-17/h3,5,9,13,17,19H,2,4,6-8,10-12H2,1H3. The number of aryl methyl sites for hydroxylation is 1. The van der Waals surface area contributed by atoms with Crippen molar-refractivity contribution < 1.29 is 0 Å². The molecule has 2 atom stereocenters. The van der Waals surface area contributed by atoms with Crippen LogP contribution in [0.3, 0.4) is 0 Å². The van der Waals surface area contributed by atoms with Crippen LogP contribution in [0.15, 0.2) is 22.7 Å². The Morgan fingerprint density at radius 3 is 3.00 bits per heavy atom. The minimum absolute atomic E-state index is 0.680. The van der Waals surface area contributed by atoms with E-state index in [1.807, 2.05) is 0 Å². The van der Waals surface area contributed by atoms with Gasteiger partial charge in [-0.3, -0.25) is 0 Å². The highest BCUT2D eigenvalue weighted by Gasteiger charge is 2.23. The summed E-state index contributed by atoms with van der Waals surface area (Å²) in [6.45, 7) is 7.27. The van der Waals surface area contributed by atoms with Gasteiger partial charge in [0.1, 0.15) is 0 Å². The molecule has 3 rings (SSSR count). The van der Waals surface area contributed by atoms with Crippen molar-refractivity contribution in [3.8, 4) is 0 Å². The number of nitrogens with zero attached hydrogens (tertiary/aromatic N) is 1. The Balaban J connectivity index is 1.49. The summed E-state index contributed by atoms with van der Waals surface area (Å²) in [5.41, 5.74) is 3.08. The second kappa shape index (κ2) is 6.59. The van der Waals surface area contributed by atoms with E-state index in [0.717, 1.165) is 5.92 Å². The van der Waals surface area contributed by atoms with Crippen LogP contribution in [0.2, 0.25) is 0 Å². The molecule has 2 aliphatic rings. The zero-order chi connectivity index (χ0) is 13.9. The lowest BCUT2D eigenvalue weighted by atomic mass is 9.88. The minimum atomic E-state index is 0.680. The van der Waals surface area contributed by atoms with E-state index < -0.39 is 0 Å². The molecule has 110 valence electrons. The Labute approximate surface area is 131 Å². The minimum Gasteiger partial charge on any atom is -0.313 e. The van der Waals surface area contributed by atoms with Crippen LogP contribution in [0.25, 0.3) is 0 Å². The monoisotopic (exact) mass is 336 g/mol. The molecule has 1 saturated heterocycles. The summed E-state index contributed by atoms with van der Waals surface area (Å²) < 4.78 is 1.22. The Morgan fingerprint density at radius 1 is 1.30 bits per heavy atom. The highest BCUT2D eigenvalue weighted by molar-refractivity contribution is 9.10. The second-order valence-electron chi connectivity index (χ2n) is 6.31. The summed E-state index contributed by atoms with van der Waals surface area (Å²) in [6.07, 6.45) is 5.08. The van der Waals surface area contributed by atoms with Gasteiger partial charge in [-0.2, -0.15) is 0 Å². The molecule has 3 heteroatoms. The largest absolute Gasteiger partial charge is 0.313 e. The first-order valence-corrected chi connectivity index (χ1v) is 8.77. The van der Waals surface area contributed by atoms with Gasteiger partial charge in [0.05, 0.1) is 0 Å². The predicted octanol–water partition coefficient (Wildman–Crippen LogP) is 3.24. The van der Waals surface area contributed by atoms with Crippen molar-refractivity contribution >= 4 is 15.9 Å². The van der Waals surface area contributed by atoms with Gasteiger partial charge >= 0.3 is 0 Å². The molecule has 1 aromatic carbocycles. The van der Waals surface area contributed by atoms with E-state index in [0.29, 0.717) is 6.04 Å². The van der Waals surface area contributed by atoms with E-state index in [1.54, 1.807) is 5.56 Å². The molecule has 0 aromatic heterocycles. The van der Waals surface area contributed by atoms with Gasteiger partial charge in [-0.1, -0.05) is 28.9 Å². The van der Waals surface area contributed by atoms with Crippen molar-refractivity contribution in [3.63, 3.8) is 0 Å². The van der Waals surface area contributed by atoms with Gasteiger partial charge in [0.2, 0.25) is 0 Å². The first-order valence-electron chi connectivity index (χ1n) is 7.97. The molecule has 20 heavy (non-hydrogen) atoms. The molecule has 1 N–H and O–H groups in total. The van der Waals surface area contributed by atoms with Crippen molar-refractivity contribution in [1.29, 1.82) is 0 Å². The molecule has 0 saturated carbocycles.